The van der Waals surface area contributed by atoms with Crippen LogP contribution in [0, 0.1) is 0 Å². The van der Waals surface area contributed by atoms with Gasteiger partial charge in [-0.2, -0.15) is 0 Å². The van der Waals surface area contributed by atoms with Crippen molar-refractivity contribution in [1.82, 2.24) is 4.98 Å². The van der Waals surface area contributed by atoms with Crippen molar-refractivity contribution in [2.45, 2.75) is 13.3 Å². The lowest BCUT2D eigenvalue weighted by molar-refractivity contribution is -0.132. The number of thiazole rings is 1. The van der Waals surface area contributed by atoms with Gasteiger partial charge in [0, 0.05) is 16.6 Å². The standard InChI is InChI=1S/C8H9NO2S/c1-2-6(8(10)11)3-7-4-9-5-12-7/h3-5H,2H2,1H3,(H,10,11)/b6-3+. The third kappa shape index (κ3) is 2.17. The van der Waals surface area contributed by atoms with E-state index in [1.165, 1.54) is 11.3 Å². The van der Waals surface area contributed by atoms with E-state index in [4.69, 9.17) is 5.11 Å². The van der Waals surface area contributed by atoms with E-state index in [9.17, 15) is 4.79 Å². The van der Waals surface area contributed by atoms with Gasteiger partial charge in [-0.15, -0.1) is 11.3 Å². The molecule has 0 saturated heterocycles. The van der Waals surface area contributed by atoms with E-state index in [1.54, 1.807) is 17.8 Å². The predicted molar refractivity (Wildman–Crippen MR) is 48.0 cm³/mol. The molecule has 0 atom stereocenters. The number of aromatic nitrogens is 1. The van der Waals surface area contributed by atoms with Crippen LogP contribution in [0.1, 0.15) is 18.2 Å². The number of carboxylic acid groups (broad SMARTS) is 1. The van der Waals surface area contributed by atoms with Crippen LogP contribution in [-0.2, 0) is 4.79 Å². The van der Waals surface area contributed by atoms with Gasteiger partial charge in [-0.25, -0.2) is 4.79 Å². The third-order valence-corrected chi connectivity index (χ3v) is 2.15. The Balaban J connectivity index is 2.85. The van der Waals surface area contributed by atoms with Crippen molar-refractivity contribution in [3.05, 3.63) is 22.2 Å². The largest absolute Gasteiger partial charge is 0.478 e. The molecule has 0 saturated carbocycles. The molecule has 12 heavy (non-hydrogen) atoms. The second-order valence-corrected chi connectivity index (χ2v) is 3.15. The normalized spacial score (nSPS) is 11.6. The highest BCUT2D eigenvalue weighted by atomic mass is 32.1. The van der Waals surface area contributed by atoms with Crippen LogP contribution in [0.3, 0.4) is 0 Å². The smallest absolute Gasteiger partial charge is 0.331 e. The molecule has 0 radical (unpaired) electrons. The van der Waals surface area contributed by atoms with Crippen molar-refractivity contribution >= 4 is 23.4 Å². The Kier molecular flexibility index (Phi) is 2.99. The first-order valence-corrected chi connectivity index (χ1v) is 4.44. The summed E-state index contributed by atoms with van der Waals surface area (Å²) in [7, 11) is 0. The van der Waals surface area contributed by atoms with Gasteiger partial charge in [0.15, 0.2) is 0 Å². The molecule has 0 aliphatic carbocycles. The van der Waals surface area contributed by atoms with Crippen molar-refractivity contribution < 1.29 is 9.90 Å². The Hall–Kier alpha value is -1.16. The summed E-state index contributed by atoms with van der Waals surface area (Å²) >= 11 is 1.43. The zero-order valence-corrected chi connectivity index (χ0v) is 7.47. The summed E-state index contributed by atoms with van der Waals surface area (Å²) < 4.78 is 0. The average molecular weight is 183 g/mol. The maximum absolute atomic E-state index is 10.6. The van der Waals surface area contributed by atoms with E-state index in [-0.39, 0.29) is 0 Å². The fraction of sp³-hybridized carbons (Fsp3) is 0.250. The van der Waals surface area contributed by atoms with Crippen LogP contribution in [0.25, 0.3) is 6.08 Å². The van der Waals surface area contributed by atoms with Gasteiger partial charge in [0.2, 0.25) is 0 Å². The van der Waals surface area contributed by atoms with Gasteiger partial charge in [-0.1, -0.05) is 6.92 Å². The molecule has 0 spiro atoms. The van der Waals surface area contributed by atoms with Crippen LogP contribution in [0.2, 0.25) is 0 Å². The Morgan fingerprint density at radius 1 is 1.83 bits per heavy atom. The Morgan fingerprint density at radius 2 is 2.58 bits per heavy atom. The van der Waals surface area contributed by atoms with Crippen molar-refractivity contribution in [3.8, 4) is 0 Å². The Bertz CT molecular complexity index is 290. The van der Waals surface area contributed by atoms with E-state index in [0.29, 0.717) is 12.0 Å². The number of nitrogens with zero attached hydrogens (tertiary/aromatic N) is 1. The van der Waals surface area contributed by atoms with Gasteiger partial charge in [-0.3, -0.25) is 4.98 Å². The lowest BCUT2D eigenvalue weighted by Gasteiger charge is -1.94. The summed E-state index contributed by atoms with van der Waals surface area (Å²) in [5.74, 6) is -0.856. The van der Waals surface area contributed by atoms with Crippen LogP contribution in [0.5, 0.6) is 0 Å². The Morgan fingerprint density at radius 3 is 3.00 bits per heavy atom. The number of hydrogen-bond donors (Lipinski definition) is 1. The molecule has 1 aromatic heterocycles. The molecule has 0 bridgehead atoms. The van der Waals surface area contributed by atoms with Gasteiger partial charge < -0.3 is 5.11 Å². The van der Waals surface area contributed by atoms with Gasteiger partial charge in [0.05, 0.1) is 5.51 Å². The van der Waals surface area contributed by atoms with Crippen LogP contribution in [0.15, 0.2) is 17.3 Å². The monoisotopic (exact) mass is 183 g/mol. The fourth-order valence-electron chi connectivity index (χ4n) is 0.784. The molecule has 0 aliphatic heterocycles. The average Bonchev–Trinajstić information content (AvgIpc) is 2.51. The fourth-order valence-corrected chi connectivity index (χ4v) is 1.36. The van der Waals surface area contributed by atoms with Gasteiger partial charge in [-0.05, 0) is 12.5 Å². The number of hydrogen-bond acceptors (Lipinski definition) is 3. The number of rotatable bonds is 3. The predicted octanol–water partition coefficient (Wildman–Crippen LogP) is 2.02. The zero-order valence-electron chi connectivity index (χ0n) is 6.65. The molecule has 0 aliphatic rings. The van der Waals surface area contributed by atoms with Crippen molar-refractivity contribution in [1.29, 1.82) is 0 Å². The molecule has 3 nitrogen and oxygen atoms in total. The molecule has 0 unspecified atom stereocenters. The topological polar surface area (TPSA) is 50.2 Å². The zero-order chi connectivity index (χ0) is 8.97. The second kappa shape index (κ2) is 4.01. The minimum atomic E-state index is -0.856. The molecule has 1 N–H and O–H groups in total. The summed E-state index contributed by atoms with van der Waals surface area (Å²) in [5, 5.41) is 8.69. The number of carboxylic acids is 1. The molecule has 0 amide bonds. The summed E-state index contributed by atoms with van der Waals surface area (Å²) in [4.78, 5) is 15.3. The van der Waals surface area contributed by atoms with Crippen LogP contribution in [-0.4, -0.2) is 16.1 Å². The van der Waals surface area contributed by atoms with Gasteiger partial charge in [0.1, 0.15) is 0 Å². The summed E-state index contributed by atoms with van der Waals surface area (Å²) in [6.07, 6.45) is 3.84. The second-order valence-electron chi connectivity index (χ2n) is 2.23. The Labute approximate surface area is 74.4 Å². The highest BCUT2D eigenvalue weighted by Crippen LogP contribution is 2.13. The van der Waals surface area contributed by atoms with Crippen LogP contribution < -0.4 is 0 Å². The molecule has 4 heteroatoms. The van der Waals surface area contributed by atoms with Crippen molar-refractivity contribution in [2.24, 2.45) is 0 Å². The third-order valence-electron chi connectivity index (χ3n) is 1.42. The molecular formula is C8H9NO2S. The maximum atomic E-state index is 10.6. The van der Waals surface area contributed by atoms with E-state index in [0.717, 1.165) is 4.88 Å². The van der Waals surface area contributed by atoms with E-state index in [2.05, 4.69) is 4.98 Å². The highest BCUT2D eigenvalue weighted by Gasteiger charge is 2.03. The first-order valence-electron chi connectivity index (χ1n) is 3.56. The molecule has 0 aromatic carbocycles. The van der Waals surface area contributed by atoms with Crippen LogP contribution >= 0.6 is 11.3 Å². The van der Waals surface area contributed by atoms with Gasteiger partial charge in [0.25, 0.3) is 0 Å². The molecule has 0 fully saturated rings. The molecule has 1 heterocycles. The van der Waals surface area contributed by atoms with Crippen molar-refractivity contribution in [3.63, 3.8) is 0 Å². The molecule has 64 valence electrons. The minimum absolute atomic E-state index is 0.416. The van der Waals surface area contributed by atoms with Crippen LogP contribution in [0.4, 0.5) is 0 Å². The summed E-state index contributed by atoms with van der Waals surface area (Å²) in [6.45, 7) is 1.82. The lowest BCUT2D eigenvalue weighted by atomic mass is 10.2. The SMILES string of the molecule is CC/C(=C\c1cncs1)C(=O)O. The van der Waals surface area contributed by atoms with E-state index in [1.807, 2.05) is 6.92 Å². The number of carbonyl (C=O) groups is 1. The quantitative estimate of drug-likeness (QED) is 0.729. The lowest BCUT2D eigenvalue weighted by Crippen LogP contribution is -1.97. The minimum Gasteiger partial charge on any atom is -0.478 e. The van der Waals surface area contributed by atoms with E-state index >= 15 is 0 Å². The van der Waals surface area contributed by atoms with Crippen molar-refractivity contribution in [2.75, 3.05) is 0 Å². The highest BCUT2D eigenvalue weighted by molar-refractivity contribution is 7.10. The summed E-state index contributed by atoms with van der Waals surface area (Å²) in [6, 6.07) is 0. The molecular weight excluding hydrogens is 174 g/mol. The maximum Gasteiger partial charge on any atom is 0.331 e. The first-order chi connectivity index (χ1) is 5.74. The molecule has 1 rings (SSSR count). The van der Waals surface area contributed by atoms with E-state index < -0.39 is 5.97 Å². The van der Waals surface area contributed by atoms with Gasteiger partial charge >= 0.3 is 5.97 Å². The first kappa shape index (κ1) is 8.93. The number of aliphatic carboxylic acids is 1. The summed E-state index contributed by atoms with van der Waals surface area (Å²) in [5.41, 5.74) is 2.10. The molecule has 1 aromatic rings.